The first-order chi connectivity index (χ1) is 9.26. The molecule has 2 rings (SSSR count). The van der Waals surface area contributed by atoms with Crippen LogP contribution in [0.1, 0.15) is 32.8 Å². The van der Waals surface area contributed by atoms with E-state index in [0.717, 1.165) is 12.0 Å². The van der Waals surface area contributed by atoms with Crippen LogP contribution in [0.5, 0.6) is 0 Å². The Hall–Kier alpha value is -1.13. The van der Waals surface area contributed by atoms with Crippen LogP contribution >= 0.6 is 0 Å². The van der Waals surface area contributed by atoms with Crippen LogP contribution in [0.15, 0.2) is 41.3 Å². The van der Waals surface area contributed by atoms with Crippen molar-refractivity contribution in [3.63, 3.8) is 0 Å². The number of hydrogen-bond donors (Lipinski definition) is 0. The molecule has 0 saturated carbocycles. The van der Waals surface area contributed by atoms with Gasteiger partial charge in [-0.05, 0) is 37.8 Å². The zero-order valence-electron chi connectivity index (χ0n) is 12.6. The minimum atomic E-state index is -3.42. The van der Waals surface area contributed by atoms with E-state index in [1.54, 1.807) is 16.4 Å². The molecule has 3 nitrogen and oxygen atoms in total. The Bertz CT molecular complexity index is 600. The van der Waals surface area contributed by atoms with Crippen LogP contribution in [0, 0.1) is 12.3 Å². The zero-order valence-corrected chi connectivity index (χ0v) is 13.4. The fraction of sp³-hybridized carbons (Fsp3) is 0.500. The van der Waals surface area contributed by atoms with E-state index in [9.17, 15) is 8.42 Å². The summed E-state index contributed by atoms with van der Waals surface area (Å²) in [5, 5.41) is 0. The van der Waals surface area contributed by atoms with Crippen LogP contribution < -0.4 is 0 Å². The lowest BCUT2D eigenvalue weighted by Crippen LogP contribution is -2.35. The van der Waals surface area contributed by atoms with Gasteiger partial charge in [0.05, 0.1) is 4.90 Å². The number of allylic oxidation sites excluding steroid dienone is 1. The number of hydrogen-bond acceptors (Lipinski definition) is 2. The molecule has 1 heterocycles. The Kier molecular flexibility index (Phi) is 4.07. The van der Waals surface area contributed by atoms with E-state index in [1.807, 2.05) is 38.1 Å². The Morgan fingerprint density at radius 3 is 2.40 bits per heavy atom. The molecule has 1 atom stereocenters. The molecule has 0 spiro atoms. The van der Waals surface area contributed by atoms with Crippen molar-refractivity contribution >= 4 is 10.0 Å². The molecule has 0 aromatic heterocycles. The number of sulfonamides is 1. The summed E-state index contributed by atoms with van der Waals surface area (Å²) in [6, 6.07) is 7.05. The van der Waals surface area contributed by atoms with Gasteiger partial charge in [-0.1, -0.05) is 43.7 Å². The van der Waals surface area contributed by atoms with E-state index in [-0.39, 0.29) is 11.5 Å². The lowest BCUT2D eigenvalue weighted by molar-refractivity contribution is 0.373. The molecular weight excluding hydrogens is 270 g/mol. The van der Waals surface area contributed by atoms with Crippen LogP contribution in [-0.2, 0) is 10.0 Å². The number of rotatable bonds is 3. The molecule has 1 unspecified atom stereocenters. The number of aryl methyl sites for hydroxylation is 1. The molecule has 0 N–H and O–H groups in total. The lowest BCUT2D eigenvalue weighted by Gasteiger charge is -2.22. The molecular formula is C16H23NO2S. The van der Waals surface area contributed by atoms with Crippen LogP contribution in [0.3, 0.4) is 0 Å². The third-order valence-electron chi connectivity index (χ3n) is 3.76. The Morgan fingerprint density at radius 1 is 1.25 bits per heavy atom. The van der Waals surface area contributed by atoms with Gasteiger partial charge < -0.3 is 0 Å². The van der Waals surface area contributed by atoms with E-state index >= 15 is 0 Å². The highest BCUT2D eigenvalue weighted by Gasteiger charge is 2.42. The largest absolute Gasteiger partial charge is 0.243 e. The second-order valence-corrected chi connectivity index (χ2v) is 8.22. The third kappa shape index (κ3) is 2.96. The van der Waals surface area contributed by atoms with Gasteiger partial charge in [0.1, 0.15) is 0 Å². The molecule has 0 bridgehead atoms. The first kappa shape index (κ1) is 15.3. The molecule has 110 valence electrons. The van der Waals surface area contributed by atoms with Gasteiger partial charge in [-0.3, -0.25) is 0 Å². The molecule has 1 aliphatic rings. The summed E-state index contributed by atoms with van der Waals surface area (Å²) in [4.78, 5) is 0.385. The Labute approximate surface area is 122 Å². The SMILES string of the molecule is CC=CC1CC(C)(C)CN1S(=O)(=O)c1ccc(C)cc1. The van der Waals surface area contributed by atoms with Crippen molar-refractivity contribution in [2.24, 2.45) is 5.41 Å². The molecule has 1 fully saturated rings. The van der Waals surface area contributed by atoms with E-state index in [1.165, 1.54) is 0 Å². The maximum Gasteiger partial charge on any atom is 0.243 e. The fourth-order valence-corrected chi connectivity index (χ4v) is 4.54. The summed E-state index contributed by atoms with van der Waals surface area (Å²) < 4.78 is 27.3. The summed E-state index contributed by atoms with van der Waals surface area (Å²) in [5.74, 6) is 0. The molecule has 4 heteroatoms. The Morgan fingerprint density at radius 2 is 1.85 bits per heavy atom. The first-order valence-corrected chi connectivity index (χ1v) is 8.42. The minimum absolute atomic E-state index is 0.0158. The van der Waals surface area contributed by atoms with Gasteiger partial charge in [0, 0.05) is 12.6 Å². The van der Waals surface area contributed by atoms with Crippen LogP contribution in [0.2, 0.25) is 0 Å². The molecule has 20 heavy (non-hydrogen) atoms. The van der Waals surface area contributed by atoms with Crippen molar-refractivity contribution in [1.29, 1.82) is 0 Å². The van der Waals surface area contributed by atoms with Gasteiger partial charge in [-0.15, -0.1) is 0 Å². The predicted octanol–water partition coefficient (Wildman–Crippen LogP) is 3.36. The van der Waals surface area contributed by atoms with Gasteiger partial charge in [-0.25, -0.2) is 8.42 Å². The van der Waals surface area contributed by atoms with Crippen molar-refractivity contribution in [3.05, 3.63) is 42.0 Å². The normalized spacial score (nSPS) is 23.5. The number of nitrogens with zero attached hydrogens (tertiary/aromatic N) is 1. The maximum absolute atomic E-state index is 12.8. The molecule has 1 aromatic carbocycles. The summed E-state index contributed by atoms with van der Waals surface area (Å²) >= 11 is 0. The van der Waals surface area contributed by atoms with Crippen molar-refractivity contribution in [3.8, 4) is 0 Å². The Balaban J connectivity index is 2.39. The van der Waals surface area contributed by atoms with Crippen LogP contribution in [0.25, 0.3) is 0 Å². The molecule has 0 aliphatic carbocycles. The molecule has 0 amide bonds. The first-order valence-electron chi connectivity index (χ1n) is 6.98. The maximum atomic E-state index is 12.8. The average Bonchev–Trinajstić information content (AvgIpc) is 2.66. The summed E-state index contributed by atoms with van der Waals surface area (Å²) in [5.41, 5.74) is 1.08. The van der Waals surface area contributed by atoms with Crippen molar-refractivity contribution in [2.75, 3.05) is 6.54 Å². The van der Waals surface area contributed by atoms with Gasteiger partial charge >= 0.3 is 0 Å². The quantitative estimate of drug-likeness (QED) is 0.801. The van der Waals surface area contributed by atoms with Crippen molar-refractivity contribution in [1.82, 2.24) is 4.31 Å². The van der Waals surface area contributed by atoms with Crippen molar-refractivity contribution in [2.45, 2.75) is 45.1 Å². The standard InChI is InChI=1S/C16H23NO2S/c1-5-6-14-11-16(3,4)12-17(14)20(18,19)15-9-7-13(2)8-10-15/h5-10,14H,11-12H2,1-4H3. The highest BCUT2D eigenvalue weighted by atomic mass is 32.2. The second-order valence-electron chi connectivity index (χ2n) is 6.32. The van der Waals surface area contributed by atoms with Gasteiger partial charge in [0.15, 0.2) is 0 Å². The molecule has 1 aromatic rings. The summed E-state index contributed by atoms with van der Waals surface area (Å²) in [6.45, 7) is 8.69. The van der Waals surface area contributed by atoms with E-state index in [0.29, 0.717) is 11.4 Å². The predicted molar refractivity (Wildman–Crippen MR) is 82.1 cm³/mol. The second kappa shape index (κ2) is 5.34. The van der Waals surface area contributed by atoms with Crippen LogP contribution in [-0.4, -0.2) is 25.3 Å². The summed E-state index contributed by atoms with van der Waals surface area (Å²) in [6.07, 6.45) is 4.78. The average molecular weight is 293 g/mol. The topological polar surface area (TPSA) is 37.4 Å². The van der Waals surface area contributed by atoms with Gasteiger partial charge in [0.25, 0.3) is 0 Å². The van der Waals surface area contributed by atoms with E-state index < -0.39 is 10.0 Å². The smallest absolute Gasteiger partial charge is 0.207 e. The zero-order chi connectivity index (χ0) is 15.0. The van der Waals surface area contributed by atoms with Gasteiger partial charge in [-0.2, -0.15) is 4.31 Å². The van der Waals surface area contributed by atoms with E-state index in [2.05, 4.69) is 13.8 Å². The van der Waals surface area contributed by atoms with Crippen LogP contribution in [0.4, 0.5) is 0 Å². The number of benzene rings is 1. The molecule has 0 radical (unpaired) electrons. The van der Waals surface area contributed by atoms with E-state index in [4.69, 9.17) is 0 Å². The highest BCUT2D eigenvalue weighted by Crippen LogP contribution is 2.38. The fourth-order valence-electron chi connectivity index (χ4n) is 2.77. The monoisotopic (exact) mass is 293 g/mol. The third-order valence-corrected chi connectivity index (χ3v) is 5.64. The molecule has 1 saturated heterocycles. The summed E-state index contributed by atoms with van der Waals surface area (Å²) in [7, 11) is -3.42. The van der Waals surface area contributed by atoms with Gasteiger partial charge in [0.2, 0.25) is 10.0 Å². The minimum Gasteiger partial charge on any atom is -0.207 e. The highest BCUT2D eigenvalue weighted by molar-refractivity contribution is 7.89. The molecule has 1 aliphatic heterocycles. The van der Waals surface area contributed by atoms with Crippen molar-refractivity contribution < 1.29 is 8.42 Å². The lowest BCUT2D eigenvalue weighted by atomic mass is 9.90.